The van der Waals surface area contributed by atoms with Gasteiger partial charge in [0, 0.05) is 23.4 Å². The number of rotatable bonds is 3. The van der Waals surface area contributed by atoms with Gasteiger partial charge in [0.1, 0.15) is 10.8 Å². The van der Waals surface area contributed by atoms with Crippen LogP contribution in [0, 0.1) is 0 Å². The number of ether oxygens (including phenoxy) is 1. The van der Waals surface area contributed by atoms with Crippen LogP contribution < -0.4 is 15.4 Å². The highest BCUT2D eigenvalue weighted by molar-refractivity contribution is 8.15. The first-order chi connectivity index (χ1) is 15.0. The summed E-state index contributed by atoms with van der Waals surface area (Å²) in [5.74, 6) is -0.298. The fourth-order valence-corrected chi connectivity index (χ4v) is 4.40. The first-order valence-electron chi connectivity index (χ1n) is 9.86. The average molecular weight is 463 g/mol. The van der Waals surface area contributed by atoms with Crippen molar-refractivity contribution in [2.75, 3.05) is 16.4 Å². The number of halogens is 3. The van der Waals surface area contributed by atoms with E-state index in [0.29, 0.717) is 34.8 Å². The topological polar surface area (TPSA) is 79.8 Å². The summed E-state index contributed by atoms with van der Waals surface area (Å²) >= 11 is 1.12. The van der Waals surface area contributed by atoms with Crippen LogP contribution in [-0.4, -0.2) is 28.3 Å². The van der Waals surface area contributed by atoms with Crippen LogP contribution in [0.5, 0.6) is 5.75 Å². The smallest absolute Gasteiger partial charge is 0.416 e. The predicted octanol–water partition coefficient (Wildman–Crippen LogP) is 4.84. The zero-order valence-corrected chi connectivity index (χ0v) is 18.1. The molecule has 0 unspecified atom stereocenters. The van der Waals surface area contributed by atoms with Crippen LogP contribution >= 0.6 is 11.8 Å². The van der Waals surface area contributed by atoms with Crippen LogP contribution in [0.15, 0.2) is 41.4 Å². The van der Waals surface area contributed by atoms with Gasteiger partial charge in [0.25, 0.3) is 0 Å². The number of anilines is 2. The summed E-state index contributed by atoms with van der Waals surface area (Å²) in [7, 11) is 0. The molecule has 2 heterocycles. The molecule has 10 heteroatoms. The molecule has 0 fully saturated rings. The van der Waals surface area contributed by atoms with Crippen molar-refractivity contribution in [3.63, 3.8) is 0 Å². The summed E-state index contributed by atoms with van der Waals surface area (Å²) in [4.78, 5) is 28.5. The number of amides is 2. The SMILES string of the molecule is CC1(C)N=C(SCC(=O)Nc2ccc3c(c2)NC(=O)CC3)c2ccc(C(F)(F)F)cc2O1. The van der Waals surface area contributed by atoms with Gasteiger partial charge >= 0.3 is 6.18 Å². The van der Waals surface area contributed by atoms with E-state index in [9.17, 15) is 22.8 Å². The maximum Gasteiger partial charge on any atom is 0.416 e. The fourth-order valence-electron chi connectivity index (χ4n) is 3.45. The number of aliphatic imine (C=N–C) groups is 1. The lowest BCUT2D eigenvalue weighted by Gasteiger charge is -2.30. The van der Waals surface area contributed by atoms with Crippen LogP contribution in [0.4, 0.5) is 24.5 Å². The number of hydrogen-bond acceptors (Lipinski definition) is 5. The molecule has 6 nitrogen and oxygen atoms in total. The highest BCUT2D eigenvalue weighted by Gasteiger charge is 2.34. The Balaban J connectivity index is 1.46. The first kappa shape index (κ1) is 22.2. The van der Waals surface area contributed by atoms with E-state index < -0.39 is 17.5 Å². The minimum Gasteiger partial charge on any atom is -0.466 e. The minimum atomic E-state index is -4.49. The van der Waals surface area contributed by atoms with Gasteiger partial charge in [-0.15, -0.1) is 0 Å². The van der Waals surface area contributed by atoms with Crippen LogP contribution in [0.1, 0.15) is 37.0 Å². The van der Waals surface area contributed by atoms with Crippen LogP contribution in [0.3, 0.4) is 0 Å². The molecular formula is C22H20F3N3O3S. The standard InChI is InChI=1S/C22H20F3N3O3S/c1-21(2)28-20(15-7-5-13(22(23,24)25)9-17(15)31-21)32-11-19(30)26-14-6-3-12-4-8-18(29)27-16(12)10-14/h3,5-7,9-10H,4,8,11H2,1-2H3,(H,26,30)(H,27,29). The van der Waals surface area contributed by atoms with E-state index in [4.69, 9.17) is 4.74 Å². The van der Waals surface area contributed by atoms with E-state index in [1.807, 2.05) is 6.07 Å². The zero-order chi connectivity index (χ0) is 23.1. The van der Waals surface area contributed by atoms with Crippen molar-refractivity contribution < 1.29 is 27.5 Å². The number of alkyl halides is 3. The first-order valence-corrected chi connectivity index (χ1v) is 10.8. The number of fused-ring (bicyclic) bond motifs is 2. The number of nitrogens with one attached hydrogen (secondary N) is 2. The van der Waals surface area contributed by atoms with Crippen molar-refractivity contribution >= 4 is 40.0 Å². The molecule has 2 amide bonds. The Bertz CT molecular complexity index is 1130. The third kappa shape index (κ3) is 4.90. The van der Waals surface area contributed by atoms with Gasteiger partial charge in [-0.2, -0.15) is 13.2 Å². The minimum absolute atomic E-state index is 0.00117. The Morgan fingerprint density at radius 2 is 2.00 bits per heavy atom. The number of thioether (sulfide) groups is 1. The van der Waals surface area contributed by atoms with E-state index >= 15 is 0 Å². The molecular weight excluding hydrogens is 443 g/mol. The summed E-state index contributed by atoms with van der Waals surface area (Å²) in [6.45, 7) is 3.27. The summed E-state index contributed by atoms with van der Waals surface area (Å²) in [5, 5.41) is 5.99. The molecule has 2 aromatic carbocycles. The van der Waals surface area contributed by atoms with E-state index in [1.165, 1.54) is 6.07 Å². The highest BCUT2D eigenvalue weighted by atomic mass is 32.2. The number of nitrogens with zero attached hydrogens (tertiary/aromatic N) is 1. The quantitative estimate of drug-likeness (QED) is 0.683. The number of benzene rings is 2. The van der Waals surface area contributed by atoms with E-state index in [0.717, 1.165) is 29.5 Å². The molecule has 0 aliphatic carbocycles. The van der Waals surface area contributed by atoms with Gasteiger partial charge in [-0.1, -0.05) is 17.8 Å². The van der Waals surface area contributed by atoms with E-state index in [-0.39, 0.29) is 23.3 Å². The largest absolute Gasteiger partial charge is 0.466 e. The Labute approximate surface area is 186 Å². The van der Waals surface area contributed by atoms with Crippen molar-refractivity contribution in [1.29, 1.82) is 0 Å². The molecule has 168 valence electrons. The fraction of sp³-hybridized carbons (Fsp3) is 0.318. The van der Waals surface area contributed by atoms with Gasteiger partial charge < -0.3 is 15.4 Å². The lowest BCUT2D eigenvalue weighted by Crippen LogP contribution is -2.32. The van der Waals surface area contributed by atoms with E-state index in [1.54, 1.807) is 26.0 Å². The number of carbonyl (C=O) groups excluding carboxylic acids is 2. The Morgan fingerprint density at radius 1 is 1.22 bits per heavy atom. The van der Waals surface area contributed by atoms with Crippen molar-refractivity contribution in [2.45, 2.75) is 38.6 Å². The van der Waals surface area contributed by atoms with Crippen LogP contribution in [0.25, 0.3) is 0 Å². The summed E-state index contributed by atoms with van der Waals surface area (Å²) in [6.07, 6.45) is -3.40. The van der Waals surface area contributed by atoms with Gasteiger partial charge in [-0.05, 0) is 56.2 Å². The van der Waals surface area contributed by atoms with Crippen LogP contribution in [-0.2, 0) is 22.2 Å². The van der Waals surface area contributed by atoms with Gasteiger partial charge in [0.05, 0.1) is 11.3 Å². The third-order valence-corrected chi connectivity index (χ3v) is 5.89. The van der Waals surface area contributed by atoms with E-state index in [2.05, 4.69) is 15.6 Å². The molecule has 0 radical (unpaired) electrons. The maximum absolute atomic E-state index is 13.1. The van der Waals surface area contributed by atoms with Crippen molar-refractivity contribution in [3.05, 3.63) is 53.1 Å². The van der Waals surface area contributed by atoms with Gasteiger partial charge in [-0.25, -0.2) is 4.99 Å². The van der Waals surface area contributed by atoms with Crippen molar-refractivity contribution in [3.8, 4) is 5.75 Å². The monoisotopic (exact) mass is 463 g/mol. The van der Waals surface area contributed by atoms with Crippen LogP contribution in [0.2, 0.25) is 0 Å². The average Bonchev–Trinajstić information content (AvgIpc) is 2.69. The zero-order valence-electron chi connectivity index (χ0n) is 17.3. The normalized spacial score (nSPS) is 16.8. The molecule has 2 N–H and O–H groups in total. The number of hydrogen-bond donors (Lipinski definition) is 2. The van der Waals surface area contributed by atoms with Gasteiger partial charge in [0.15, 0.2) is 5.72 Å². The highest BCUT2D eigenvalue weighted by Crippen LogP contribution is 2.38. The molecule has 0 saturated heterocycles. The number of carbonyl (C=O) groups is 2. The Kier molecular flexibility index (Phi) is 5.66. The summed E-state index contributed by atoms with van der Waals surface area (Å²) < 4.78 is 44.8. The second-order valence-corrected chi connectivity index (χ2v) is 8.90. The second kappa shape index (κ2) is 8.16. The molecule has 2 aromatic rings. The molecule has 0 bridgehead atoms. The molecule has 2 aliphatic heterocycles. The lowest BCUT2D eigenvalue weighted by atomic mass is 10.0. The molecule has 0 atom stereocenters. The van der Waals surface area contributed by atoms with Gasteiger partial charge in [-0.3, -0.25) is 9.59 Å². The maximum atomic E-state index is 13.1. The number of aryl methyl sites for hydroxylation is 1. The summed E-state index contributed by atoms with van der Waals surface area (Å²) in [5.41, 5.74) is 0.762. The molecule has 0 spiro atoms. The van der Waals surface area contributed by atoms with Crippen molar-refractivity contribution in [1.82, 2.24) is 0 Å². The molecule has 0 aromatic heterocycles. The third-order valence-electron chi connectivity index (χ3n) is 4.90. The van der Waals surface area contributed by atoms with Gasteiger partial charge in [0.2, 0.25) is 11.8 Å². The Hall–Kier alpha value is -3.01. The molecule has 4 rings (SSSR count). The predicted molar refractivity (Wildman–Crippen MR) is 117 cm³/mol. The molecule has 2 aliphatic rings. The Morgan fingerprint density at radius 3 is 2.75 bits per heavy atom. The summed E-state index contributed by atoms with van der Waals surface area (Å²) in [6, 6.07) is 8.56. The second-order valence-electron chi connectivity index (χ2n) is 7.93. The lowest BCUT2D eigenvalue weighted by molar-refractivity contribution is -0.137. The van der Waals surface area contributed by atoms with Crippen molar-refractivity contribution in [2.24, 2.45) is 4.99 Å². The molecule has 0 saturated carbocycles. The molecule has 32 heavy (non-hydrogen) atoms.